The highest BCUT2D eigenvalue weighted by molar-refractivity contribution is 9.09. The number of rotatable bonds is 2. The highest BCUT2D eigenvalue weighted by Crippen LogP contribution is 2.36. The molecule has 0 amide bonds. The van der Waals surface area contributed by atoms with Crippen LogP contribution in [0.15, 0.2) is 27.4 Å². The Hall–Kier alpha value is -1.07. The molecule has 1 aliphatic rings. The number of hydrogen-bond donors (Lipinski definition) is 0. The minimum absolute atomic E-state index is 0.239. The predicted octanol–water partition coefficient (Wildman–Crippen LogP) is 2.99. The van der Waals surface area contributed by atoms with Gasteiger partial charge in [0.05, 0.1) is 12.1 Å². The fraction of sp³-hybridized carbons (Fsp3) is 0.500. The van der Waals surface area contributed by atoms with Crippen LogP contribution in [-0.4, -0.2) is 17.8 Å². The zero-order valence-electron chi connectivity index (χ0n) is 10.8. The van der Waals surface area contributed by atoms with E-state index in [0.717, 1.165) is 37.1 Å². The van der Waals surface area contributed by atoms with Crippen molar-refractivity contribution in [2.45, 2.75) is 17.7 Å². The third-order valence-electron chi connectivity index (χ3n) is 3.74. The minimum Gasteiger partial charge on any atom is -0.408 e. The van der Waals surface area contributed by atoms with Crippen molar-refractivity contribution in [3.8, 4) is 0 Å². The monoisotopic (exact) mass is 325 g/mol. The quantitative estimate of drug-likeness (QED) is 0.797. The van der Waals surface area contributed by atoms with Crippen LogP contribution in [-0.2, 0) is 11.8 Å². The van der Waals surface area contributed by atoms with Crippen molar-refractivity contribution in [2.24, 2.45) is 13.0 Å². The summed E-state index contributed by atoms with van der Waals surface area (Å²) in [6.45, 7) is 1.65. The molecule has 2 aromatic rings. The maximum atomic E-state index is 11.5. The number of nitrogens with zero attached hydrogens (tertiary/aromatic N) is 1. The molecule has 0 spiro atoms. The first-order valence-corrected chi connectivity index (χ1v) is 7.39. The molecule has 2 heterocycles. The van der Waals surface area contributed by atoms with Gasteiger partial charge in [0.1, 0.15) is 0 Å². The zero-order chi connectivity index (χ0) is 13.4. The third-order valence-corrected chi connectivity index (χ3v) is 5.02. The first-order valence-electron chi connectivity index (χ1n) is 6.48. The molecule has 1 aromatic carbocycles. The summed E-state index contributed by atoms with van der Waals surface area (Å²) in [4.78, 5) is 11.7. The number of fused-ring (bicyclic) bond motifs is 1. The summed E-state index contributed by atoms with van der Waals surface area (Å²) >= 11 is 3.75. The fourth-order valence-corrected chi connectivity index (χ4v) is 3.29. The van der Waals surface area contributed by atoms with E-state index in [2.05, 4.69) is 15.9 Å². The third kappa shape index (κ3) is 2.37. The molecule has 1 saturated heterocycles. The van der Waals surface area contributed by atoms with Gasteiger partial charge in [0.25, 0.3) is 0 Å². The maximum absolute atomic E-state index is 11.5. The van der Waals surface area contributed by atoms with E-state index in [1.165, 1.54) is 4.57 Å². The molecule has 0 N–H and O–H groups in total. The summed E-state index contributed by atoms with van der Waals surface area (Å²) in [5, 5.41) is 0. The van der Waals surface area contributed by atoms with Crippen LogP contribution in [0.5, 0.6) is 0 Å². The molecule has 102 valence electrons. The normalized spacial score (nSPS) is 21.7. The molecule has 2 atom stereocenters. The molecule has 0 saturated carbocycles. The Kier molecular flexibility index (Phi) is 3.50. The van der Waals surface area contributed by atoms with Gasteiger partial charge in [-0.15, -0.1) is 0 Å². The van der Waals surface area contributed by atoms with Gasteiger partial charge in [-0.25, -0.2) is 4.79 Å². The highest BCUT2D eigenvalue weighted by Gasteiger charge is 2.24. The second kappa shape index (κ2) is 5.13. The van der Waals surface area contributed by atoms with Crippen molar-refractivity contribution in [3.63, 3.8) is 0 Å². The van der Waals surface area contributed by atoms with Crippen LogP contribution in [0.3, 0.4) is 0 Å². The van der Waals surface area contributed by atoms with E-state index in [9.17, 15) is 4.79 Å². The summed E-state index contributed by atoms with van der Waals surface area (Å²) in [6, 6.07) is 5.93. The second-order valence-corrected chi connectivity index (χ2v) is 6.02. The molecule has 2 unspecified atom stereocenters. The average Bonchev–Trinajstić information content (AvgIpc) is 2.74. The SMILES string of the molecule is Cn1c(=O)oc2cc(C(Br)C3CCCOC3)ccc21. The maximum Gasteiger partial charge on any atom is 0.419 e. The molecule has 4 nitrogen and oxygen atoms in total. The molecule has 3 rings (SSSR count). The van der Waals surface area contributed by atoms with Gasteiger partial charge in [-0.1, -0.05) is 22.0 Å². The number of hydrogen-bond acceptors (Lipinski definition) is 3. The van der Waals surface area contributed by atoms with E-state index in [4.69, 9.17) is 9.15 Å². The van der Waals surface area contributed by atoms with Gasteiger partial charge < -0.3 is 9.15 Å². The summed E-state index contributed by atoms with van der Waals surface area (Å²) in [5.74, 6) is 0.154. The first-order chi connectivity index (χ1) is 9.16. The molecule has 5 heteroatoms. The van der Waals surface area contributed by atoms with Crippen molar-refractivity contribution in [1.29, 1.82) is 0 Å². The van der Waals surface area contributed by atoms with Gasteiger partial charge in [-0.3, -0.25) is 4.57 Å². The van der Waals surface area contributed by atoms with E-state index in [0.29, 0.717) is 11.5 Å². The van der Waals surface area contributed by atoms with E-state index in [-0.39, 0.29) is 10.6 Å². The lowest BCUT2D eigenvalue weighted by atomic mass is 9.94. The lowest BCUT2D eigenvalue weighted by Crippen LogP contribution is -2.20. The molecule has 19 heavy (non-hydrogen) atoms. The minimum atomic E-state index is -0.320. The van der Waals surface area contributed by atoms with E-state index in [1.54, 1.807) is 7.05 Å². The molecule has 1 aliphatic heterocycles. The lowest BCUT2D eigenvalue weighted by Gasteiger charge is -2.26. The molecule has 0 bridgehead atoms. The summed E-state index contributed by atoms with van der Waals surface area (Å²) in [7, 11) is 1.72. The standard InChI is InChI=1S/C14H16BrNO3/c1-16-11-5-4-9(7-12(11)19-14(16)17)13(15)10-3-2-6-18-8-10/h4-5,7,10,13H,2-3,6,8H2,1H3. The van der Waals surface area contributed by atoms with E-state index in [1.807, 2.05) is 18.2 Å². The van der Waals surface area contributed by atoms with Crippen molar-refractivity contribution in [3.05, 3.63) is 34.3 Å². The van der Waals surface area contributed by atoms with Crippen molar-refractivity contribution in [2.75, 3.05) is 13.2 Å². The van der Waals surface area contributed by atoms with Crippen molar-refractivity contribution in [1.82, 2.24) is 4.57 Å². The average molecular weight is 326 g/mol. The van der Waals surface area contributed by atoms with Crippen LogP contribution < -0.4 is 5.76 Å². The van der Waals surface area contributed by atoms with E-state index < -0.39 is 0 Å². The van der Waals surface area contributed by atoms with Crippen LogP contribution in [0.1, 0.15) is 23.2 Å². The Labute approximate surface area is 119 Å². The van der Waals surface area contributed by atoms with Crippen LogP contribution in [0.2, 0.25) is 0 Å². The Morgan fingerprint density at radius 1 is 1.47 bits per heavy atom. The Bertz CT molecular complexity index is 640. The first kappa shape index (κ1) is 12.9. The smallest absolute Gasteiger partial charge is 0.408 e. The van der Waals surface area contributed by atoms with Crippen molar-refractivity contribution < 1.29 is 9.15 Å². The van der Waals surface area contributed by atoms with Gasteiger partial charge >= 0.3 is 5.76 Å². The summed E-state index contributed by atoms with van der Waals surface area (Å²) in [5.41, 5.74) is 2.61. The zero-order valence-corrected chi connectivity index (χ0v) is 12.4. The highest BCUT2D eigenvalue weighted by atomic mass is 79.9. The molecular weight excluding hydrogens is 310 g/mol. The largest absolute Gasteiger partial charge is 0.419 e. The number of ether oxygens (including phenoxy) is 1. The number of oxazole rings is 1. The van der Waals surface area contributed by atoms with Crippen LogP contribution in [0.25, 0.3) is 11.1 Å². The van der Waals surface area contributed by atoms with Crippen molar-refractivity contribution >= 4 is 27.0 Å². The molecule has 0 radical (unpaired) electrons. The number of halogens is 1. The number of benzene rings is 1. The topological polar surface area (TPSA) is 44.4 Å². The summed E-state index contributed by atoms with van der Waals surface area (Å²) in [6.07, 6.45) is 2.27. The second-order valence-electron chi connectivity index (χ2n) is 5.03. The van der Waals surface area contributed by atoms with Crippen LogP contribution >= 0.6 is 15.9 Å². The van der Waals surface area contributed by atoms with Gasteiger partial charge in [0.15, 0.2) is 5.58 Å². The molecule has 1 aromatic heterocycles. The number of aromatic nitrogens is 1. The Balaban J connectivity index is 1.94. The fourth-order valence-electron chi connectivity index (χ4n) is 2.59. The Morgan fingerprint density at radius 2 is 2.32 bits per heavy atom. The van der Waals surface area contributed by atoms with Crippen LogP contribution in [0.4, 0.5) is 0 Å². The Morgan fingerprint density at radius 3 is 3.05 bits per heavy atom. The van der Waals surface area contributed by atoms with Gasteiger partial charge in [0.2, 0.25) is 0 Å². The molecule has 0 aliphatic carbocycles. The lowest BCUT2D eigenvalue weighted by molar-refractivity contribution is 0.0546. The van der Waals surface area contributed by atoms with E-state index >= 15 is 0 Å². The van der Waals surface area contributed by atoms with Gasteiger partial charge in [-0.2, -0.15) is 0 Å². The molecular formula is C14H16BrNO3. The number of alkyl halides is 1. The van der Waals surface area contributed by atoms with Crippen LogP contribution in [0, 0.1) is 5.92 Å². The molecule has 1 fully saturated rings. The number of aryl methyl sites for hydroxylation is 1. The van der Waals surface area contributed by atoms with Gasteiger partial charge in [-0.05, 0) is 36.5 Å². The summed E-state index contributed by atoms with van der Waals surface area (Å²) < 4.78 is 12.3. The van der Waals surface area contributed by atoms with Gasteiger partial charge in [0, 0.05) is 18.5 Å². The predicted molar refractivity (Wildman–Crippen MR) is 76.7 cm³/mol.